The summed E-state index contributed by atoms with van der Waals surface area (Å²) in [6.45, 7) is 6.24. The average molecular weight is 284 g/mol. The van der Waals surface area contributed by atoms with Crippen LogP contribution in [0.5, 0.6) is 0 Å². The van der Waals surface area contributed by atoms with Crippen molar-refractivity contribution in [3.8, 4) is 0 Å². The maximum Gasteiger partial charge on any atom is 0.147 e. The van der Waals surface area contributed by atoms with Gasteiger partial charge in [-0.15, -0.1) is 0 Å². The number of piperidine rings is 1. The standard InChI is InChI=1S/C12H18BrN3/c1-9-10(2)15-12(7-14-9)16-5-3-4-11(6-13)8-16/h7,11H,3-6,8H2,1-2H3. The summed E-state index contributed by atoms with van der Waals surface area (Å²) < 4.78 is 0. The van der Waals surface area contributed by atoms with Crippen LogP contribution in [0.1, 0.15) is 24.2 Å². The molecule has 1 aliphatic rings. The second-order valence-corrected chi connectivity index (χ2v) is 5.16. The molecule has 0 radical (unpaired) electrons. The second kappa shape index (κ2) is 5.13. The van der Waals surface area contributed by atoms with Gasteiger partial charge in [-0.3, -0.25) is 4.98 Å². The lowest BCUT2D eigenvalue weighted by molar-refractivity contribution is 0.452. The zero-order valence-electron chi connectivity index (χ0n) is 9.91. The Balaban J connectivity index is 2.13. The van der Waals surface area contributed by atoms with Crippen molar-refractivity contribution < 1.29 is 0 Å². The summed E-state index contributed by atoms with van der Waals surface area (Å²) in [6, 6.07) is 0. The van der Waals surface area contributed by atoms with E-state index in [1.807, 2.05) is 20.0 Å². The summed E-state index contributed by atoms with van der Waals surface area (Å²) in [5.74, 6) is 1.78. The van der Waals surface area contributed by atoms with Crippen LogP contribution in [0, 0.1) is 19.8 Å². The molecule has 0 saturated carbocycles. The normalized spacial score (nSPS) is 21.2. The SMILES string of the molecule is Cc1ncc(N2CCCC(CBr)C2)nc1C. The lowest BCUT2D eigenvalue weighted by Crippen LogP contribution is -2.36. The highest BCUT2D eigenvalue weighted by Gasteiger charge is 2.20. The van der Waals surface area contributed by atoms with E-state index in [1.165, 1.54) is 12.8 Å². The van der Waals surface area contributed by atoms with E-state index in [-0.39, 0.29) is 0 Å². The molecule has 4 heteroatoms. The number of rotatable bonds is 2. The zero-order valence-corrected chi connectivity index (χ0v) is 11.5. The van der Waals surface area contributed by atoms with Crippen LogP contribution in [0.15, 0.2) is 6.20 Å². The molecule has 0 N–H and O–H groups in total. The van der Waals surface area contributed by atoms with Gasteiger partial charge in [0, 0.05) is 18.4 Å². The summed E-state index contributed by atoms with van der Waals surface area (Å²) in [6.07, 6.45) is 4.48. The molecule has 1 aromatic heterocycles. The predicted molar refractivity (Wildman–Crippen MR) is 70.2 cm³/mol. The van der Waals surface area contributed by atoms with Gasteiger partial charge in [-0.2, -0.15) is 0 Å². The molecular formula is C12H18BrN3. The van der Waals surface area contributed by atoms with Gasteiger partial charge < -0.3 is 4.90 Å². The topological polar surface area (TPSA) is 29.0 Å². The molecule has 0 aromatic carbocycles. The van der Waals surface area contributed by atoms with E-state index in [2.05, 4.69) is 30.8 Å². The molecule has 16 heavy (non-hydrogen) atoms. The predicted octanol–water partition coefficient (Wildman–Crippen LogP) is 2.70. The largest absolute Gasteiger partial charge is 0.355 e. The summed E-state index contributed by atoms with van der Waals surface area (Å²) in [5, 5.41) is 1.09. The number of alkyl halides is 1. The Bertz CT molecular complexity index is 367. The van der Waals surface area contributed by atoms with Crippen molar-refractivity contribution in [3.63, 3.8) is 0 Å². The number of halogens is 1. The molecular weight excluding hydrogens is 266 g/mol. The Labute approximate surface area is 105 Å². The maximum atomic E-state index is 4.61. The van der Waals surface area contributed by atoms with Crippen molar-refractivity contribution in [2.75, 3.05) is 23.3 Å². The number of nitrogens with zero attached hydrogens (tertiary/aromatic N) is 3. The molecule has 3 nitrogen and oxygen atoms in total. The third-order valence-corrected chi connectivity index (χ3v) is 4.16. The third-order valence-electron chi connectivity index (χ3n) is 3.24. The molecule has 88 valence electrons. The smallest absolute Gasteiger partial charge is 0.147 e. The molecule has 0 amide bonds. The molecule has 2 rings (SSSR count). The zero-order chi connectivity index (χ0) is 11.5. The Morgan fingerprint density at radius 3 is 2.94 bits per heavy atom. The van der Waals surface area contributed by atoms with Crippen LogP contribution in [-0.2, 0) is 0 Å². The molecule has 0 spiro atoms. The van der Waals surface area contributed by atoms with Crippen molar-refractivity contribution >= 4 is 21.7 Å². The molecule has 1 aromatic rings. The van der Waals surface area contributed by atoms with Gasteiger partial charge in [0.25, 0.3) is 0 Å². The monoisotopic (exact) mass is 283 g/mol. The van der Waals surface area contributed by atoms with E-state index >= 15 is 0 Å². The molecule has 1 aliphatic heterocycles. The van der Waals surface area contributed by atoms with Crippen LogP contribution in [0.4, 0.5) is 5.82 Å². The van der Waals surface area contributed by atoms with Gasteiger partial charge >= 0.3 is 0 Å². The number of aryl methyl sites for hydroxylation is 2. The van der Waals surface area contributed by atoms with Crippen LogP contribution in [0.2, 0.25) is 0 Å². The summed E-state index contributed by atoms with van der Waals surface area (Å²) in [5.41, 5.74) is 2.07. The highest BCUT2D eigenvalue weighted by molar-refractivity contribution is 9.09. The Morgan fingerprint density at radius 1 is 1.44 bits per heavy atom. The lowest BCUT2D eigenvalue weighted by atomic mass is 10.0. The molecule has 0 aliphatic carbocycles. The van der Waals surface area contributed by atoms with Crippen molar-refractivity contribution in [2.24, 2.45) is 5.92 Å². The Kier molecular flexibility index (Phi) is 3.79. The highest BCUT2D eigenvalue weighted by atomic mass is 79.9. The fourth-order valence-corrected chi connectivity index (χ4v) is 2.61. The number of aromatic nitrogens is 2. The summed E-state index contributed by atoms with van der Waals surface area (Å²) in [7, 11) is 0. The lowest BCUT2D eigenvalue weighted by Gasteiger charge is -2.32. The number of hydrogen-bond acceptors (Lipinski definition) is 3. The fraction of sp³-hybridized carbons (Fsp3) is 0.667. The molecule has 1 saturated heterocycles. The van der Waals surface area contributed by atoms with Gasteiger partial charge in [-0.1, -0.05) is 15.9 Å². The number of anilines is 1. The first kappa shape index (κ1) is 11.8. The molecule has 1 unspecified atom stereocenters. The van der Waals surface area contributed by atoms with E-state index in [0.717, 1.165) is 41.5 Å². The van der Waals surface area contributed by atoms with Crippen molar-refractivity contribution in [3.05, 3.63) is 17.6 Å². The van der Waals surface area contributed by atoms with Gasteiger partial charge in [0.15, 0.2) is 0 Å². The van der Waals surface area contributed by atoms with Gasteiger partial charge in [0.05, 0.1) is 17.6 Å². The van der Waals surface area contributed by atoms with Crippen molar-refractivity contribution in [2.45, 2.75) is 26.7 Å². The van der Waals surface area contributed by atoms with Gasteiger partial charge in [0.1, 0.15) is 5.82 Å². The van der Waals surface area contributed by atoms with E-state index in [0.29, 0.717) is 0 Å². The van der Waals surface area contributed by atoms with E-state index in [4.69, 9.17) is 0 Å². The molecule has 1 atom stereocenters. The van der Waals surface area contributed by atoms with Crippen LogP contribution in [-0.4, -0.2) is 28.4 Å². The molecule has 2 heterocycles. The van der Waals surface area contributed by atoms with Crippen molar-refractivity contribution in [1.82, 2.24) is 9.97 Å². The first-order valence-electron chi connectivity index (χ1n) is 5.82. The van der Waals surface area contributed by atoms with Crippen LogP contribution in [0.25, 0.3) is 0 Å². The minimum atomic E-state index is 0.747. The molecule has 0 bridgehead atoms. The quantitative estimate of drug-likeness (QED) is 0.782. The van der Waals surface area contributed by atoms with Gasteiger partial charge in [0.2, 0.25) is 0 Å². The second-order valence-electron chi connectivity index (χ2n) is 4.51. The Morgan fingerprint density at radius 2 is 2.25 bits per heavy atom. The van der Waals surface area contributed by atoms with E-state index in [9.17, 15) is 0 Å². The Hall–Kier alpha value is -0.640. The fourth-order valence-electron chi connectivity index (χ4n) is 2.08. The maximum absolute atomic E-state index is 4.61. The molecule has 1 fully saturated rings. The third kappa shape index (κ3) is 2.54. The van der Waals surface area contributed by atoms with Crippen LogP contribution in [0.3, 0.4) is 0 Å². The summed E-state index contributed by atoms with van der Waals surface area (Å²) >= 11 is 3.57. The van der Waals surface area contributed by atoms with Crippen molar-refractivity contribution in [1.29, 1.82) is 0 Å². The van der Waals surface area contributed by atoms with E-state index < -0.39 is 0 Å². The average Bonchev–Trinajstić information content (AvgIpc) is 2.33. The van der Waals surface area contributed by atoms with Crippen LogP contribution < -0.4 is 4.90 Å². The minimum Gasteiger partial charge on any atom is -0.355 e. The van der Waals surface area contributed by atoms with E-state index in [1.54, 1.807) is 0 Å². The van der Waals surface area contributed by atoms with Gasteiger partial charge in [-0.25, -0.2) is 4.98 Å². The summed E-state index contributed by atoms with van der Waals surface area (Å²) in [4.78, 5) is 11.4. The first-order valence-corrected chi connectivity index (χ1v) is 6.94. The first-order chi connectivity index (χ1) is 7.70. The number of hydrogen-bond donors (Lipinski definition) is 0. The minimum absolute atomic E-state index is 0.747. The van der Waals surface area contributed by atoms with Gasteiger partial charge in [-0.05, 0) is 32.6 Å². The highest BCUT2D eigenvalue weighted by Crippen LogP contribution is 2.22. The van der Waals surface area contributed by atoms with Crippen LogP contribution >= 0.6 is 15.9 Å².